The van der Waals surface area contributed by atoms with Crippen molar-refractivity contribution in [2.45, 2.75) is 44.0 Å². The van der Waals surface area contributed by atoms with Gasteiger partial charge in [0.1, 0.15) is 5.82 Å². The number of nitrogens with zero attached hydrogens (tertiary/aromatic N) is 5. The minimum absolute atomic E-state index is 0.149. The standard InChI is InChI=1S/C21H21N5O2S/c1-4-8-17-24-19(28-25-17)14(3)29-21-23-16-11-6-5-10-15(16)20(27)26(21)18-13(2)9-7-12-22-18/h5-7,9-12,14H,4,8H2,1-3H3/t14-/m0/s1. The maximum atomic E-state index is 13.3. The van der Waals surface area contributed by atoms with Crippen molar-refractivity contribution in [3.8, 4) is 5.82 Å². The summed E-state index contributed by atoms with van der Waals surface area (Å²) in [4.78, 5) is 27.0. The van der Waals surface area contributed by atoms with E-state index in [2.05, 4.69) is 22.0 Å². The second-order valence-corrected chi connectivity index (χ2v) is 8.06. The number of benzene rings is 1. The van der Waals surface area contributed by atoms with Crippen LogP contribution in [0.15, 0.2) is 57.1 Å². The number of aryl methyl sites for hydroxylation is 2. The Hall–Kier alpha value is -3.00. The molecule has 0 aliphatic heterocycles. The van der Waals surface area contributed by atoms with E-state index in [0.29, 0.717) is 33.6 Å². The maximum absolute atomic E-state index is 13.3. The molecule has 0 aliphatic carbocycles. The van der Waals surface area contributed by atoms with Gasteiger partial charge < -0.3 is 4.52 Å². The summed E-state index contributed by atoms with van der Waals surface area (Å²) in [7, 11) is 0. The number of pyridine rings is 1. The van der Waals surface area contributed by atoms with Crippen LogP contribution in [0.5, 0.6) is 0 Å². The highest BCUT2D eigenvalue weighted by atomic mass is 32.2. The van der Waals surface area contributed by atoms with Crippen molar-refractivity contribution in [2.24, 2.45) is 0 Å². The van der Waals surface area contributed by atoms with Crippen molar-refractivity contribution in [3.63, 3.8) is 0 Å². The molecule has 0 fully saturated rings. The lowest BCUT2D eigenvalue weighted by atomic mass is 10.2. The molecule has 0 bridgehead atoms. The molecule has 0 radical (unpaired) electrons. The highest BCUT2D eigenvalue weighted by Gasteiger charge is 2.21. The molecule has 0 amide bonds. The molecule has 1 atom stereocenters. The van der Waals surface area contributed by atoms with E-state index in [1.807, 2.05) is 44.2 Å². The molecule has 1 aromatic carbocycles. The van der Waals surface area contributed by atoms with Crippen molar-refractivity contribution in [1.29, 1.82) is 0 Å². The van der Waals surface area contributed by atoms with Gasteiger partial charge in [-0.15, -0.1) is 0 Å². The predicted octanol–water partition coefficient (Wildman–Crippen LogP) is 4.28. The molecule has 0 N–H and O–H groups in total. The number of fused-ring (bicyclic) bond motifs is 1. The summed E-state index contributed by atoms with van der Waals surface area (Å²) in [5, 5.41) is 4.95. The van der Waals surface area contributed by atoms with Crippen molar-refractivity contribution in [1.82, 2.24) is 24.7 Å². The zero-order valence-electron chi connectivity index (χ0n) is 16.5. The van der Waals surface area contributed by atoms with Crippen LogP contribution in [0.1, 0.15) is 42.8 Å². The predicted molar refractivity (Wildman–Crippen MR) is 112 cm³/mol. The number of hydrogen-bond acceptors (Lipinski definition) is 7. The van der Waals surface area contributed by atoms with Crippen molar-refractivity contribution < 1.29 is 4.52 Å². The molecule has 3 aromatic heterocycles. The average Bonchev–Trinajstić information content (AvgIpc) is 3.18. The van der Waals surface area contributed by atoms with Gasteiger partial charge in [0.15, 0.2) is 11.0 Å². The van der Waals surface area contributed by atoms with Gasteiger partial charge in [-0.2, -0.15) is 4.98 Å². The van der Waals surface area contributed by atoms with E-state index in [1.54, 1.807) is 16.8 Å². The number of rotatable bonds is 6. The lowest BCUT2D eigenvalue weighted by Crippen LogP contribution is -2.23. The first-order chi connectivity index (χ1) is 14.1. The molecule has 29 heavy (non-hydrogen) atoms. The second kappa shape index (κ2) is 8.16. The van der Waals surface area contributed by atoms with E-state index in [-0.39, 0.29) is 10.8 Å². The Kier molecular flexibility index (Phi) is 5.44. The quantitative estimate of drug-likeness (QED) is 0.348. The summed E-state index contributed by atoms with van der Waals surface area (Å²) in [6.07, 6.45) is 3.40. The second-order valence-electron chi connectivity index (χ2n) is 6.75. The van der Waals surface area contributed by atoms with Gasteiger partial charge in [0, 0.05) is 12.6 Å². The topological polar surface area (TPSA) is 86.7 Å². The van der Waals surface area contributed by atoms with Crippen molar-refractivity contribution >= 4 is 22.7 Å². The van der Waals surface area contributed by atoms with Gasteiger partial charge in [0.05, 0.1) is 16.2 Å². The molecular formula is C21H21N5O2S. The third-order valence-electron chi connectivity index (χ3n) is 4.53. The summed E-state index contributed by atoms with van der Waals surface area (Å²) >= 11 is 1.40. The van der Waals surface area contributed by atoms with Crippen LogP contribution < -0.4 is 5.56 Å². The summed E-state index contributed by atoms with van der Waals surface area (Å²) < 4.78 is 7.00. The third-order valence-corrected chi connectivity index (χ3v) is 5.57. The minimum atomic E-state index is -0.170. The average molecular weight is 407 g/mol. The normalized spacial score (nSPS) is 12.4. The highest BCUT2D eigenvalue weighted by Crippen LogP contribution is 2.34. The molecular weight excluding hydrogens is 386 g/mol. The Balaban J connectivity index is 1.83. The summed E-state index contributed by atoms with van der Waals surface area (Å²) in [5.41, 5.74) is 1.39. The Morgan fingerprint density at radius 1 is 1.17 bits per heavy atom. The van der Waals surface area contributed by atoms with E-state index >= 15 is 0 Å². The molecule has 7 nitrogen and oxygen atoms in total. The van der Waals surface area contributed by atoms with Crippen LogP contribution in [0.2, 0.25) is 0 Å². The largest absolute Gasteiger partial charge is 0.338 e. The molecule has 0 saturated carbocycles. The summed E-state index contributed by atoms with van der Waals surface area (Å²) in [6, 6.07) is 11.1. The SMILES string of the molecule is CCCc1noc([C@H](C)Sc2nc3ccccc3c(=O)n2-c2ncccc2C)n1. The Bertz CT molecular complexity index is 1220. The fourth-order valence-corrected chi connectivity index (χ4v) is 3.99. The fraction of sp³-hybridized carbons (Fsp3) is 0.286. The van der Waals surface area contributed by atoms with Crippen LogP contribution in [0.3, 0.4) is 0 Å². The van der Waals surface area contributed by atoms with E-state index in [4.69, 9.17) is 9.51 Å². The van der Waals surface area contributed by atoms with Gasteiger partial charge in [-0.05, 0) is 44.0 Å². The first-order valence-corrected chi connectivity index (χ1v) is 10.4. The van der Waals surface area contributed by atoms with Crippen LogP contribution in [0.25, 0.3) is 16.7 Å². The van der Waals surface area contributed by atoms with Crippen LogP contribution in [-0.4, -0.2) is 24.7 Å². The molecule has 4 aromatic rings. The van der Waals surface area contributed by atoms with E-state index in [1.165, 1.54) is 11.8 Å². The summed E-state index contributed by atoms with van der Waals surface area (Å²) in [6.45, 7) is 5.96. The molecule has 148 valence electrons. The Labute approximate surface area is 172 Å². The molecule has 0 saturated heterocycles. The molecule has 0 spiro atoms. The van der Waals surface area contributed by atoms with Gasteiger partial charge in [-0.25, -0.2) is 14.5 Å². The maximum Gasteiger partial charge on any atom is 0.267 e. The number of hydrogen-bond donors (Lipinski definition) is 0. The number of thioether (sulfide) groups is 1. The van der Waals surface area contributed by atoms with Crippen LogP contribution in [-0.2, 0) is 6.42 Å². The van der Waals surface area contributed by atoms with E-state index in [0.717, 1.165) is 18.4 Å². The zero-order chi connectivity index (χ0) is 20.4. The van der Waals surface area contributed by atoms with Crippen LogP contribution in [0.4, 0.5) is 0 Å². The van der Waals surface area contributed by atoms with E-state index < -0.39 is 0 Å². The number of para-hydroxylation sites is 1. The molecule has 4 rings (SSSR count). The van der Waals surface area contributed by atoms with Gasteiger partial charge >= 0.3 is 0 Å². The molecule has 8 heteroatoms. The smallest absolute Gasteiger partial charge is 0.267 e. The monoisotopic (exact) mass is 407 g/mol. The summed E-state index contributed by atoms with van der Waals surface area (Å²) in [5.74, 6) is 1.78. The highest BCUT2D eigenvalue weighted by molar-refractivity contribution is 7.99. The van der Waals surface area contributed by atoms with Crippen LogP contribution >= 0.6 is 11.8 Å². The molecule has 0 unspecified atom stereocenters. The van der Waals surface area contributed by atoms with Gasteiger partial charge in [0.2, 0.25) is 5.89 Å². The van der Waals surface area contributed by atoms with Gasteiger partial charge in [-0.3, -0.25) is 4.79 Å². The molecule has 0 aliphatic rings. The third kappa shape index (κ3) is 3.80. The Morgan fingerprint density at radius 3 is 2.79 bits per heavy atom. The lowest BCUT2D eigenvalue weighted by Gasteiger charge is -2.15. The van der Waals surface area contributed by atoms with Gasteiger partial charge in [-0.1, -0.05) is 42.0 Å². The first kappa shape index (κ1) is 19.3. The van der Waals surface area contributed by atoms with Crippen molar-refractivity contribution in [3.05, 3.63) is 70.2 Å². The zero-order valence-corrected chi connectivity index (χ0v) is 17.3. The van der Waals surface area contributed by atoms with Gasteiger partial charge in [0.25, 0.3) is 5.56 Å². The van der Waals surface area contributed by atoms with E-state index in [9.17, 15) is 4.79 Å². The van der Waals surface area contributed by atoms with Crippen molar-refractivity contribution in [2.75, 3.05) is 0 Å². The minimum Gasteiger partial charge on any atom is -0.338 e. The first-order valence-electron chi connectivity index (χ1n) is 9.51. The fourth-order valence-electron chi connectivity index (χ4n) is 3.06. The molecule has 3 heterocycles. The lowest BCUT2D eigenvalue weighted by molar-refractivity contribution is 0.374. The Morgan fingerprint density at radius 2 is 2.00 bits per heavy atom. The van der Waals surface area contributed by atoms with Crippen LogP contribution in [0, 0.1) is 6.92 Å². The number of aromatic nitrogens is 5.